The van der Waals surface area contributed by atoms with Crippen LogP contribution in [0.5, 0.6) is 0 Å². The Hall–Kier alpha value is -0.770. The van der Waals surface area contributed by atoms with Gasteiger partial charge in [-0.3, -0.25) is 4.79 Å². The monoisotopic (exact) mass is 286 g/mol. The number of amides is 1. The van der Waals surface area contributed by atoms with E-state index in [1.807, 2.05) is 13.0 Å². The summed E-state index contributed by atoms with van der Waals surface area (Å²) in [6.45, 7) is 3.62. The Morgan fingerprint density at radius 3 is 2.83 bits per heavy atom. The molecule has 2 rings (SSSR count). The number of carbonyl (C=O) groups excluding carboxylic acids is 1. The average Bonchev–Trinajstić information content (AvgIpc) is 2.86. The number of hydrogen-bond donors (Lipinski definition) is 2. The molecule has 0 saturated carbocycles. The molecule has 5 heteroatoms. The van der Waals surface area contributed by atoms with E-state index in [-0.39, 0.29) is 17.9 Å². The van der Waals surface area contributed by atoms with Gasteiger partial charge in [0.1, 0.15) is 0 Å². The van der Waals surface area contributed by atoms with Gasteiger partial charge in [-0.25, -0.2) is 0 Å². The van der Waals surface area contributed by atoms with Crippen LogP contribution in [0.2, 0.25) is 10.0 Å². The highest BCUT2D eigenvalue weighted by Crippen LogP contribution is 2.25. The maximum Gasteiger partial charge on any atom is 0.224 e. The smallest absolute Gasteiger partial charge is 0.224 e. The van der Waals surface area contributed by atoms with Crippen molar-refractivity contribution in [3.05, 3.63) is 33.8 Å². The van der Waals surface area contributed by atoms with Crippen LogP contribution in [0.3, 0.4) is 0 Å². The summed E-state index contributed by atoms with van der Waals surface area (Å²) in [5.74, 6) is 0.175. The molecule has 0 spiro atoms. The fraction of sp³-hybridized carbons (Fsp3) is 0.462. The van der Waals surface area contributed by atoms with Crippen molar-refractivity contribution in [1.29, 1.82) is 0 Å². The molecule has 1 aromatic carbocycles. The van der Waals surface area contributed by atoms with E-state index >= 15 is 0 Å². The highest BCUT2D eigenvalue weighted by molar-refractivity contribution is 6.42. The van der Waals surface area contributed by atoms with Crippen LogP contribution in [0, 0.1) is 5.92 Å². The van der Waals surface area contributed by atoms with Crippen molar-refractivity contribution >= 4 is 29.1 Å². The number of halogens is 2. The van der Waals surface area contributed by atoms with Gasteiger partial charge in [-0.15, -0.1) is 0 Å². The Morgan fingerprint density at radius 1 is 1.44 bits per heavy atom. The largest absolute Gasteiger partial charge is 0.349 e. The Morgan fingerprint density at radius 2 is 2.22 bits per heavy atom. The second-order valence-corrected chi connectivity index (χ2v) is 5.41. The first-order valence-corrected chi connectivity index (χ1v) is 6.79. The minimum Gasteiger partial charge on any atom is -0.349 e. The van der Waals surface area contributed by atoms with E-state index in [1.54, 1.807) is 12.1 Å². The standard InChI is InChI=1S/C13H16Cl2N2O/c1-8(9-2-3-11(14)12(15)6-9)17-13(18)10-4-5-16-7-10/h2-3,6,8,10,16H,4-5,7H2,1H3,(H,17,18). The molecule has 2 atom stereocenters. The van der Waals surface area contributed by atoms with E-state index < -0.39 is 0 Å². The van der Waals surface area contributed by atoms with Crippen LogP contribution < -0.4 is 10.6 Å². The van der Waals surface area contributed by atoms with Crippen LogP contribution in [0.25, 0.3) is 0 Å². The first-order chi connectivity index (χ1) is 8.58. The molecule has 0 aromatic heterocycles. The SMILES string of the molecule is CC(NC(=O)C1CCNC1)c1ccc(Cl)c(Cl)c1. The average molecular weight is 287 g/mol. The summed E-state index contributed by atoms with van der Waals surface area (Å²) in [5, 5.41) is 7.23. The van der Waals surface area contributed by atoms with Gasteiger partial charge >= 0.3 is 0 Å². The molecular weight excluding hydrogens is 271 g/mol. The van der Waals surface area contributed by atoms with Crippen molar-refractivity contribution in [2.75, 3.05) is 13.1 Å². The zero-order valence-electron chi connectivity index (χ0n) is 10.2. The number of rotatable bonds is 3. The zero-order valence-corrected chi connectivity index (χ0v) is 11.7. The Bertz CT molecular complexity index is 445. The van der Waals surface area contributed by atoms with Crippen LogP contribution in [-0.2, 0) is 4.79 Å². The van der Waals surface area contributed by atoms with Crippen molar-refractivity contribution in [2.45, 2.75) is 19.4 Å². The predicted molar refractivity (Wildman–Crippen MR) is 74.0 cm³/mol. The van der Waals surface area contributed by atoms with Crippen molar-refractivity contribution in [3.63, 3.8) is 0 Å². The van der Waals surface area contributed by atoms with Gasteiger partial charge in [0.05, 0.1) is 22.0 Å². The van der Waals surface area contributed by atoms with Crippen LogP contribution in [0.4, 0.5) is 0 Å². The topological polar surface area (TPSA) is 41.1 Å². The van der Waals surface area contributed by atoms with Crippen LogP contribution in [0.1, 0.15) is 24.9 Å². The summed E-state index contributed by atoms with van der Waals surface area (Å²) in [5.41, 5.74) is 0.962. The van der Waals surface area contributed by atoms with E-state index in [9.17, 15) is 4.79 Å². The normalized spacial score (nSPS) is 20.7. The van der Waals surface area contributed by atoms with Gasteiger partial charge in [0.2, 0.25) is 5.91 Å². The van der Waals surface area contributed by atoms with Gasteiger partial charge in [-0.1, -0.05) is 29.3 Å². The van der Waals surface area contributed by atoms with E-state index in [0.717, 1.165) is 25.1 Å². The second kappa shape index (κ2) is 5.91. The maximum atomic E-state index is 12.0. The number of carbonyl (C=O) groups is 1. The molecule has 2 unspecified atom stereocenters. The molecule has 1 saturated heterocycles. The summed E-state index contributed by atoms with van der Waals surface area (Å²) in [6, 6.07) is 5.36. The van der Waals surface area contributed by atoms with Crippen molar-refractivity contribution in [3.8, 4) is 0 Å². The van der Waals surface area contributed by atoms with E-state index in [2.05, 4.69) is 10.6 Å². The molecule has 1 heterocycles. The first kappa shape index (κ1) is 13.7. The predicted octanol–water partition coefficient (Wildman–Crippen LogP) is 2.78. The molecule has 1 amide bonds. The number of hydrogen-bond acceptors (Lipinski definition) is 2. The second-order valence-electron chi connectivity index (χ2n) is 4.59. The summed E-state index contributed by atoms with van der Waals surface area (Å²) in [7, 11) is 0. The summed E-state index contributed by atoms with van der Waals surface area (Å²) < 4.78 is 0. The third kappa shape index (κ3) is 3.16. The molecule has 0 bridgehead atoms. The molecule has 0 aliphatic carbocycles. The van der Waals surface area contributed by atoms with Crippen molar-refractivity contribution in [2.24, 2.45) is 5.92 Å². The molecule has 1 aromatic rings. The van der Waals surface area contributed by atoms with E-state index in [4.69, 9.17) is 23.2 Å². The van der Waals surface area contributed by atoms with Crippen LogP contribution >= 0.6 is 23.2 Å². The lowest BCUT2D eigenvalue weighted by molar-refractivity contribution is -0.125. The minimum atomic E-state index is -0.0622. The molecular formula is C13H16Cl2N2O. The molecule has 1 aliphatic rings. The fourth-order valence-electron chi connectivity index (χ4n) is 2.07. The molecule has 18 heavy (non-hydrogen) atoms. The Balaban J connectivity index is 2.00. The highest BCUT2D eigenvalue weighted by atomic mass is 35.5. The van der Waals surface area contributed by atoms with E-state index in [1.165, 1.54) is 0 Å². The quantitative estimate of drug-likeness (QED) is 0.897. The van der Waals surface area contributed by atoms with Crippen molar-refractivity contribution < 1.29 is 4.79 Å². The molecule has 1 aliphatic heterocycles. The molecule has 0 radical (unpaired) electrons. The summed E-state index contributed by atoms with van der Waals surface area (Å²) in [6.07, 6.45) is 0.903. The lowest BCUT2D eigenvalue weighted by Gasteiger charge is -2.17. The van der Waals surface area contributed by atoms with E-state index in [0.29, 0.717) is 10.0 Å². The number of nitrogens with one attached hydrogen (secondary N) is 2. The lowest BCUT2D eigenvalue weighted by Crippen LogP contribution is -2.33. The summed E-state index contributed by atoms with van der Waals surface area (Å²) in [4.78, 5) is 12.0. The van der Waals surface area contributed by atoms with Gasteiger partial charge < -0.3 is 10.6 Å². The minimum absolute atomic E-state index is 0.0622. The fourth-order valence-corrected chi connectivity index (χ4v) is 2.38. The Labute approximate surface area is 117 Å². The maximum absolute atomic E-state index is 12.0. The lowest BCUT2D eigenvalue weighted by atomic mass is 10.1. The Kier molecular flexibility index (Phi) is 4.49. The number of benzene rings is 1. The van der Waals surface area contributed by atoms with Crippen molar-refractivity contribution in [1.82, 2.24) is 10.6 Å². The third-order valence-corrected chi connectivity index (χ3v) is 3.97. The van der Waals surface area contributed by atoms with Gasteiger partial charge in [-0.05, 0) is 37.6 Å². The first-order valence-electron chi connectivity index (χ1n) is 6.04. The molecule has 3 nitrogen and oxygen atoms in total. The molecule has 98 valence electrons. The van der Waals surface area contributed by atoms with Gasteiger partial charge in [0.25, 0.3) is 0 Å². The van der Waals surface area contributed by atoms with Gasteiger partial charge in [0, 0.05) is 6.54 Å². The van der Waals surface area contributed by atoms with Gasteiger partial charge in [-0.2, -0.15) is 0 Å². The summed E-state index contributed by atoms with van der Waals surface area (Å²) >= 11 is 11.8. The third-order valence-electron chi connectivity index (χ3n) is 3.23. The van der Waals surface area contributed by atoms with Gasteiger partial charge in [0.15, 0.2) is 0 Å². The van der Waals surface area contributed by atoms with Crippen LogP contribution in [0.15, 0.2) is 18.2 Å². The highest BCUT2D eigenvalue weighted by Gasteiger charge is 2.23. The molecule has 1 fully saturated rings. The van der Waals surface area contributed by atoms with Crippen LogP contribution in [-0.4, -0.2) is 19.0 Å². The molecule has 2 N–H and O–H groups in total. The zero-order chi connectivity index (χ0) is 13.1.